The Labute approximate surface area is 138 Å². The Balaban J connectivity index is 1.97. The molecule has 124 valence electrons. The van der Waals surface area contributed by atoms with Crippen molar-refractivity contribution in [2.24, 2.45) is 0 Å². The molecule has 0 atom stereocenters. The zero-order valence-electron chi connectivity index (χ0n) is 12.9. The summed E-state index contributed by atoms with van der Waals surface area (Å²) in [6, 6.07) is 7.04. The zero-order chi connectivity index (χ0) is 16.9. The summed E-state index contributed by atoms with van der Waals surface area (Å²) in [7, 11) is 0. The van der Waals surface area contributed by atoms with Gasteiger partial charge in [0, 0.05) is 0 Å². The van der Waals surface area contributed by atoms with Crippen LogP contribution in [0.15, 0.2) is 24.3 Å². The molecule has 2 rings (SSSR count). The Hall–Kier alpha value is -2.19. The molecule has 0 radical (unpaired) electrons. The summed E-state index contributed by atoms with van der Waals surface area (Å²) in [6.45, 7) is 3.26. The van der Waals surface area contributed by atoms with E-state index in [-0.39, 0.29) is 25.7 Å². The predicted molar refractivity (Wildman–Crippen MR) is 82.9 cm³/mol. The average Bonchev–Trinajstić information content (AvgIpc) is 2.93. The van der Waals surface area contributed by atoms with E-state index in [2.05, 4.69) is 20.8 Å². The van der Waals surface area contributed by atoms with Gasteiger partial charge in [-0.25, -0.2) is 4.68 Å². The lowest BCUT2D eigenvalue weighted by Crippen LogP contribution is -2.47. The third kappa shape index (κ3) is 4.90. The van der Waals surface area contributed by atoms with E-state index in [4.69, 9.17) is 21.4 Å². The zero-order valence-corrected chi connectivity index (χ0v) is 13.6. The van der Waals surface area contributed by atoms with Gasteiger partial charge in [-0.05, 0) is 36.4 Å². The van der Waals surface area contributed by atoms with E-state index in [9.17, 15) is 4.79 Å². The van der Waals surface area contributed by atoms with Crippen LogP contribution in [-0.4, -0.2) is 43.4 Å². The number of carbonyl (C=O) groups is 1. The first-order chi connectivity index (χ1) is 10.9. The average molecular weight is 340 g/mol. The molecular weight excluding hydrogens is 322 g/mol. The molecule has 0 saturated carbocycles. The van der Waals surface area contributed by atoms with Crippen LogP contribution in [0.25, 0.3) is 0 Å². The number of aliphatic hydroxyl groups is 1. The van der Waals surface area contributed by atoms with E-state index in [1.165, 1.54) is 4.68 Å². The molecule has 0 unspecified atom stereocenters. The monoisotopic (exact) mass is 339 g/mol. The largest absolute Gasteiger partial charge is 0.484 e. The maximum absolute atomic E-state index is 12.0. The van der Waals surface area contributed by atoms with Gasteiger partial charge in [-0.15, -0.1) is 5.10 Å². The van der Waals surface area contributed by atoms with Crippen molar-refractivity contribution in [2.75, 3.05) is 6.61 Å². The Morgan fingerprint density at radius 2 is 2.17 bits per heavy atom. The Morgan fingerprint density at radius 3 is 2.87 bits per heavy atom. The summed E-state index contributed by atoms with van der Waals surface area (Å²) in [4.78, 5) is 12.0. The second kappa shape index (κ2) is 7.38. The standard InChI is InChI=1S/C14H18ClN5O3/c1-14(2,9-21)16-13(22)7-20-12(17-18-19-20)8-23-11-6-4-3-5-10(11)15/h3-6,21H,7-9H2,1-2H3,(H,16,22). The summed E-state index contributed by atoms with van der Waals surface area (Å²) in [5.41, 5.74) is -0.709. The molecule has 0 bridgehead atoms. The number of hydrogen-bond donors (Lipinski definition) is 2. The molecule has 0 aliphatic heterocycles. The third-order valence-electron chi connectivity index (χ3n) is 2.97. The molecule has 1 aromatic carbocycles. The molecule has 0 aliphatic carbocycles. The van der Waals surface area contributed by atoms with Gasteiger partial charge in [0.05, 0.1) is 17.2 Å². The minimum Gasteiger partial charge on any atom is -0.484 e. The fourth-order valence-corrected chi connectivity index (χ4v) is 1.94. The third-order valence-corrected chi connectivity index (χ3v) is 3.28. The van der Waals surface area contributed by atoms with Gasteiger partial charge in [0.2, 0.25) is 5.91 Å². The summed E-state index contributed by atoms with van der Waals surface area (Å²) in [5, 5.41) is 23.5. The van der Waals surface area contributed by atoms with Crippen molar-refractivity contribution in [3.63, 3.8) is 0 Å². The number of aliphatic hydroxyl groups excluding tert-OH is 1. The molecule has 2 N–H and O–H groups in total. The lowest BCUT2D eigenvalue weighted by atomic mass is 10.1. The van der Waals surface area contributed by atoms with Crippen molar-refractivity contribution in [2.45, 2.75) is 32.5 Å². The number of ether oxygens (including phenoxy) is 1. The number of hydrogen-bond acceptors (Lipinski definition) is 6. The number of rotatable bonds is 7. The summed E-state index contributed by atoms with van der Waals surface area (Å²) in [5.74, 6) is 0.590. The number of para-hydroxylation sites is 1. The first kappa shape index (κ1) is 17.2. The maximum Gasteiger partial charge on any atom is 0.242 e. The molecular formula is C14H18ClN5O3. The van der Waals surface area contributed by atoms with E-state index >= 15 is 0 Å². The lowest BCUT2D eigenvalue weighted by Gasteiger charge is -2.23. The van der Waals surface area contributed by atoms with Crippen LogP contribution in [0.5, 0.6) is 5.75 Å². The second-order valence-corrected chi connectivity index (χ2v) is 5.97. The molecule has 9 heteroatoms. The van der Waals surface area contributed by atoms with Crippen LogP contribution in [0.3, 0.4) is 0 Å². The number of nitrogens with zero attached hydrogens (tertiary/aromatic N) is 4. The van der Waals surface area contributed by atoms with E-state index < -0.39 is 5.54 Å². The molecule has 1 amide bonds. The first-order valence-corrected chi connectivity index (χ1v) is 7.33. The highest BCUT2D eigenvalue weighted by atomic mass is 35.5. The molecule has 23 heavy (non-hydrogen) atoms. The van der Waals surface area contributed by atoms with Crippen molar-refractivity contribution in [3.8, 4) is 5.75 Å². The van der Waals surface area contributed by atoms with Gasteiger partial charge >= 0.3 is 0 Å². The van der Waals surface area contributed by atoms with Gasteiger partial charge in [0.15, 0.2) is 5.82 Å². The van der Waals surface area contributed by atoms with Gasteiger partial charge in [-0.1, -0.05) is 23.7 Å². The van der Waals surface area contributed by atoms with Crippen molar-refractivity contribution in [1.29, 1.82) is 0 Å². The number of carbonyl (C=O) groups excluding carboxylic acids is 1. The molecule has 1 heterocycles. The van der Waals surface area contributed by atoms with Crippen LogP contribution in [0.4, 0.5) is 0 Å². The summed E-state index contributed by atoms with van der Waals surface area (Å²) < 4.78 is 6.89. The molecule has 1 aromatic heterocycles. The van der Waals surface area contributed by atoms with E-state index in [1.807, 2.05) is 0 Å². The Morgan fingerprint density at radius 1 is 1.43 bits per heavy atom. The number of halogens is 1. The highest BCUT2D eigenvalue weighted by molar-refractivity contribution is 6.32. The van der Waals surface area contributed by atoms with Crippen molar-refractivity contribution < 1.29 is 14.6 Å². The normalized spacial score (nSPS) is 11.3. The van der Waals surface area contributed by atoms with Crippen LogP contribution < -0.4 is 10.1 Å². The summed E-state index contributed by atoms with van der Waals surface area (Å²) >= 11 is 6.01. The molecule has 8 nitrogen and oxygen atoms in total. The maximum atomic E-state index is 12.0. The van der Waals surface area contributed by atoms with Crippen LogP contribution >= 0.6 is 11.6 Å². The Bertz CT molecular complexity index is 674. The first-order valence-electron chi connectivity index (χ1n) is 6.95. The quantitative estimate of drug-likeness (QED) is 0.773. The van der Waals surface area contributed by atoms with Gasteiger partial charge < -0.3 is 15.2 Å². The lowest BCUT2D eigenvalue weighted by molar-refractivity contribution is -0.124. The molecule has 2 aromatic rings. The number of amides is 1. The van der Waals surface area contributed by atoms with Crippen molar-refractivity contribution >= 4 is 17.5 Å². The minimum absolute atomic E-state index is 0.0718. The second-order valence-electron chi connectivity index (χ2n) is 5.56. The SMILES string of the molecule is CC(C)(CO)NC(=O)Cn1nnnc1COc1ccccc1Cl. The van der Waals surface area contributed by atoms with Crippen LogP contribution in [0.1, 0.15) is 19.7 Å². The van der Waals surface area contributed by atoms with Gasteiger partial charge in [-0.2, -0.15) is 0 Å². The number of aromatic nitrogens is 4. The molecule has 0 aliphatic rings. The highest BCUT2D eigenvalue weighted by Crippen LogP contribution is 2.23. The van der Waals surface area contributed by atoms with Crippen LogP contribution in [0, 0.1) is 0 Å². The molecule has 0 fully saturated rings. The van der Waals surface area contributed by atoms with E-state index in [0.29, 0.717) is 16.6 Å². The van der Waals surface area contributed by atoms with Crippen molar-refractivity contribution in [1.82, 2.24) is 25.5 Å². The van der Waals surface area contributed by atoms with E-state index in [1.54, 1.807) is 38.1 Å². The number of benzene rings is 1. The molecule has 0 spiro atoms. The molecule has 0 saturated heterocycles. The summed E-state index contributed by atoms with van der Waals surface area (Å²) in [6.07, 6.45) is 0. The number of tetrazole rings is 1. The van der Waals surface area contributed by atoms with E-state index in [0.717, 1.165) is 0 Å². The fourth-order valence-electron chi connectivity index (χ4n) is 1.75. The smallest absolute Gasteiger partial charge is 0.242 e. The van der Waals surface area contributed by atoms with Gasteiger partial charge in [0.1, 0.15) is 18.9 Å². The van der Waals surface area contributed by atoms with Gasteiger partial charge in [-0.3, -0.25) is 4.79 Å². The Kier molecular flexibility index (Phi) is 5.51. The van der Waals surface area contributed by atoms with Crippen LogP contribution in [0.2, 0.25) is 5.02 Å². The fraction of sp³-hybridized carbons (Fsp3) is 0.429. The van der Waals surface area contributed by atoms with Crippen molar-refractivity contribution in [3.05, 3.63) is 35.1 Å². The number of nitrogens with one attached hydrogen (secondary N) is 1. The van der Waals surface area contributed by atoms with Gasteiger partial charge in [0.25, 0.3) is 0 Å². The predicted octanol–water partition coefficient (Wildman–Crippen LogP) is 0.793. The topological polar surface area (TPSA) is 102 Å². The highest BCUT2D eigenvalue weighted by Gasteiger charge is 2.20. The minimum atomic E-state index is -0.709. The van der Waals surface area contributed by atoms with Crippen LogP contribution in [-0.2, 0) is 17.9 Å².